The maximum atomic E-state index is 5.40. The van der Waals surface area contributed by atoms with Gasteiger partial charge in [-0.05, 0) is 25.5 Å². The topological polar surface area (TPSA) is 47.0 Å². The van der Waals surface area contributed by atoms with Crippen LogP contribution in [0.15, 0.2) is 30.7 Å². The first-order valence-electron chi connectivity index (χ1n) is 6.31. The van der Waals surface area contributed by atoms with Crippen molar-refractivity contribution in [2.45, 2.75) is 26.9 Å². The maximum Gasteiger partial charge on any atom is 0.128 e. The highest BCUT2D eigenvalue weighted by Crippen LogP contribution is 2.23. The fourth-order valence-corrected chi connectivity index (χ4v) is 2.08. The van der Waals surface area contributed by atoms with Gasteiger partial charge in [0.05, 0.1) is 12.8 Å². The lowest BCUT2D eigenvalue weighted by molar-refractivity contribution is 0.406. The molecule has 0 saturated carbocycles. The quantitative estimate of drug-likeness (QED) is 0.893. The molecule has 0 saturated heterocycles. The van der Waals surface area contributed by atoms with E-state index in [2.05, 4.69) is 21.4 Å². The number of pyridine rings is 2. The molecule has 2 aromatic heterocycles. The van der Waals surface area contributed by atoms with Gasteiger partial charge < -0.3 is 10.1 Å². The third-order valence-electron chi connectivity index (χ3n) is 3.09. The van der Waals surface area contributed by atoms with E-state index < -0.39 is 0 Å². The number of hydrogen-bond acceptors (Lipinski definition) is 4. The van der Waals surface area contributed by atoms with E-state index in [1.54, 1.807) is 13.3 Å². The fourth-order valence-electron chi connectivity index (χ4n) is 2.08. The summed E-state index contributed by atoms with van der Waals surface area (Å²) >= 11 is 0. The summed E-state index contributed by atoms with van der Waals surface area (Å²) in [6.07, 6.45) is 5.50. The van der Waals surface area contributed by atoms with Crippen molar-refractivity contribution in [1.29, 1.82) is 0 Å². The SMILES string of the molecule is COc1c(C)cnc(CNCc2cccnc2)c1C. The minimum absolute atomic E-state index is 0.720. The zero-order valence-electron chi connectivity index (χ0n) is 11.6. The van der Waals surface area contributed by atoms with E-state index in [9.17, 15) is 0 Å². The van der Waals surface area contributed by atoms with Gasteiger partial charge in [0.15, 0.2) is 0 Å². The zero-order chi connectivity index (χ0) is 13.7. The monoisotopic (exact) mass is 257 g/mol. The summed E-state index contributed by atoms with van der Waals surface area (Å²) in [5.74, 6) is 0.924. The molecule has 0 radical (unpaired) electrons. The molecule has 0 atom stereocenters. The lowest BCUT2D eigenvalue weighted by atomic mass is 10.1. The van der Waals surface area contributed by atoms with Crippen LogP contribution in [0.1, 0.15) is 22.4 Å². The summed E-state index contributed by atoms with van der Waals surface area (Å²) in [5.41, 5.74) is 4.35. The van der Waals surface area contributed by atoms with Crippen molar-refractivity contribution >= 4 is 0 Å². The van der Waals surface area contributed by atoms with Crippen LogP contribution < -0.4 is 10.1 Å². The second-order valence-electron chi connectivity index (χ2n) is 4.51. The Kier molecular flexibility index (Phi) is 4.47. The molecule has 0 aliphatic carbocycles. The van der Waals surface area contributed by atoms with E-state index in [4.69, 9.17) is 4.74 Å². The molecule has 0 aromatic carbocycles. The van der Waals surface area contributed by atoms with Crippen LogP contribution in [0, 0.1) is 13.8 Å². The smallest absolute Gasteiger partial charge is 0.128 e. The normalized spacial score (nSPS) is 10.5. The minimum Gasteiger partial charge on any atom is -0.496 e. The highest BCUT2D eigenvalue weighted by molar-refractivity contribution is 5.40. The number of nitrogens with zero attached hydrogens (tertiary/aromatic N) is 2. The van der Waals surface area contributed by atoms with E-state index in [1.807, 2.05) is 32.3 Å². The Balaban J connectivity index is 2.00. The molecule has 2 heterocycles. The Morgan fingerprint density at radius 2 is 2.05 bits per heavy atom. The predicted octanol–water partition coefficient (Wildman–Crippen LogP) is 2.39. The Bertz CT molecular complexity index is 541. The Morgan fingerprint density at radius 1 is 1.21 bits per heavy atom. The number of hydrogen-bond donors (Lipinski definition) is 1. The van der Waals surface area contributed by atoms with Crippen LogP contribution in [0.5, 0.6) is 5.75 Å². The van der Waals surface area contributed by atoms with E-state index in [-0.39, 0.29) is 0 Å². The molecule has 19 heavy (non-hydrogen) atoms. The van der Waals surface area contributed by atoms with Crippen LogP contribution in [-0.4, -0.2) is 17.1 Å². The summed E-state index contributed by atoms with van der Waals surface area (Å²) in [6, 6.07) is 3.99. The Hall–Kier alpha value is -1.94. The van der Waals surface area contributed by atoms with Gasteiger partial charge in [-0.25, -0.2) is 0 Å². The largest absolute Gasteiger partial charge is 0.496 e. The predicted molar refractivity (Wildman–Crippen MR) is 75.0 cm³/mol. The number of rotatable bonds is 5. The average Bonchev–Trinajstić information content (AvgIpc) is 2.43. The Morgan fingerprint density at radius 3 is 2.74 bits per heavy atom. The number of ether oxygens (including phenoxy) is 1. The first-order valence-corrected chi connectivity index (χ1v) is 6.31. The molecule has 0 spiro atoms. The first kappa shape index (κ1) is 13.5. The van der Waals surface area contributed by atoms with Crippen LogP contribution in [0.25, 0.3) is 0 Å². The fraction of sp³-hybridized carbons (Fsp3) is 0.333. The Labute approximate surface area is 113 Å². The zero-order valence-corrected chi connectivity index (χ0v) is 11.6. The molecular weight excluding hydrogens is 238 g/mol. The van der Waals surface area contributed by atoms with Crippen LogP contribution >= 0.6 is 0 Å². The molecule has 4 heteroatoms. The van der Waals surface area contributed by atoms with Crippen molar-refractivity contribution in [2.24, 2.45) is 0 Å². The average molecular weight is 257 g/mol. The standard InChI is InChI=1S/C15H19N3O/c1-11-7-18-14(12(2)15(11)19-3)10-17-9-13-5-4-6-16-8-13/h4-8,17H,9-10H2,1-3H3. The first-order chi connectivity index (χ1) is 9.22. The van der Waals surface area contributed by atoms with Gasteiger partial charge in [0.2, 0.25) is 0 Å². The molecule has 0 aliphatic heterocycles. The van der Waals surface area contributed by atoms with E-state index in [0.717, 1.165) is 35.7 Å². The summed E-state index contributed by atoms with van der Waals surface area (Å²) in [6.45, 7) is 5.55. The second kappa shape index (κ2) is 6.29. The van der Waals surface area contributed by atoms with Gasteiger partial charge in [-0.1, -0.05) is 6.07 Å². The summed E-state index contributed by atoms with van der Waals surface area (Å²) < 4.78 is 5.40. The van der Waals surface area contributed by atoms with Gasteiger partial charge in [0, 0.05) is 42.8 Å². The molecule has 1 N–H and O–H groups in total. The molecule has 0 unspecified atom stereocenters. The molecule has 0 amide bonds. The highest BCUT2D eigenvalue weighted by Gasteiger charge is 2.08. The number of nitrogens with one attached hydrogen (secondary N) is 1. The molecule has 0 bridgehead atoms. The minimum atomic E-state index is 0.720. The van der Waals surface area contributed by atoms with Gasteiger partial charge in [0.1, 0.15) is 5.75 Å². The molecule has 2 rings (SSSR count). The van der Waals surface area contributed by atoms with Gasteiger partial charge in [-0.2, -0.15) is 0 Å². The third kappa shape index (κ3) is 3.29. The van der Waals surface area contributed by atoms with Crippen molar-refractivity contribution in [2.75, 3.05) is 7.11 Å². The number of aryl methyl sites for hydroxylation is 1. The number of aromatic nitrogens is 2. The van der Waals surface area contributed by atoms with Crippen molar-refractivity contribution in [3.05, 3.63) is 53.1 Å². The maximum absolute atomic E-state index is 5.40. The lowest BCUT2D eigenvalue weighted by Crippen LogP contribution is -2.15. The van der Waals surface area contributed by atoms with Crippen LogP contribution in [0.3, 0.4) is 0 Å². The van der Waals surface area contributed by atoms with Gasteiger partial charge >= 0.3 is 0 Å². The third-order valence-corrected chi connectivity index (χ3v) is 3.09. The highest BCUT2D eigenvalue weighted by atomic mass is 16.5. The van der Waals surface area contributed by atoms with Crippen LogP contribution in [-0.2, 0) is 13.1 Å². The molecule has 2 aromatic rings. The van der Waals surface area contributed by atoms with E-state index >= 15 is 0 Å². The van der Waals surface area contributed by atoms with Crippen LogP contribution in [0.2, 0.25) is 0 Å². The molecule has 0 fully saturated rings. The van der Waals surface area contributed by atoms with Gasteiger partial charge in [0.25, 0.3) is 0 Å². The summed E-state index contributed by atoms with van der Waals surface area (Å²) in [5, 5.41) is 3.37. The lowest BCUT2D eigenvalue weighted by Gasteiger charge is -2.12. The molecule has 4 nitrogen and oxygen atoms in total. The van der Waals surface area contributed by atoms with Crippen molar-refractivity contribution in [1.82, 2.24) is 15.3 Å². The van der Waals surface area contributed by atoms with Gasteiger partial charge in [-0.3, -0.25) is 9.97 Å². The molecule has 100 valence electrons. The number of methoxy groups -OCH3 is 1. The van der Waals surface area contributed by atoms with E-state index in [1.165, 1.54) is 5.56 Å². The van der Waals surface area contributed by atoms with Crippen molar-refractivity contribution in [3.63, 3.8) is 0 Å². The second-order valence-corrected chi connectivity index (χ2v) is 4.51. The van der Waals surface area contributed by atoms with Gasteiger partial charge in [-0.15, -0.1) is 0 Å². The van der Waals surface area contributed by atoms with Crippen molar-refractivity contribution < 1.29 is 4.74 Å². The summed E-state index contributed by atoms with van der Waals surface area (Å²) in [4.78, 5) is 8.55. The van der Waals surface area contributed by atoms with Crippen molar-refractivity contribution in [3.8, 4) is 5.75 Å². The van der Waals surface area contributed by atoms with E-state index in [0.29, 0.717) is 0 Å². The van der Waals surface area contributed by atoms with Crippen LogP contribution in [0.4, 0.5) is 0 Å². The molecular formula is C15H19N3O. The summed E-state index contributed by atoms with van der Waals surface area (Å²) in [7, 11) is 1.70. The molecule has 0 aliphatic rings.